The molecule has 4 rings (SSSR count). The van der Waals surface area contributed by atoms with Gasteiger partial charge in [-0.05, 0) is 84.6 Å². The van der Waals surface area contributed by atoms with Gasteiger partial charge in [0.25, 0.3) is 0 Å². The number of carbonyl (C=O) groups excluding carboxylic acids is 1. The minimum absolute atomic E-state index is 0.0407. The summed E-state index contributed by atoms with van der Waals surface area (Å²) in [6, 6.07) is 16.7. The molecule has 1 aliphatic carbocycles. The average Bonchev–Trinajstić information content (AvgIpc) is 3.58. The first-order chi connectivity index (χ1) is 17.1. The fourth-order valence-corrected chi connectivity index (χ4v) is 4.40. The van der Waals surface area contributed by atoms with E-state index in [0.717, 1.165) is 45.9 Å². The molecule has 0 bridgehead atoms. The fourth-order valence-electron chi connectivity index (χ4n) is 4.40. The maximum atomic E-state index is 12.8. The second kappa shape index (κ2) is 10.7. The Bertz CT molecular complexity index is 1260. The van der Waals surface area contributed by atoms with Crippen molar-refractivity contribution >= 4 is 28.7 Å². The molecular weight excluding hydrogens is 446 g/mol. The van der Waals surface area contributed by atoms with Crippen LogP contribution in [0.15, 0.2) is 54.1 Å². The first kappa shape index (κ1) is 25.7. The van der Waals surface area contributed by atoms with Gasteiger partial charge in [-0.2, -0.15) is 0 Å². The van der Waals surface area contributed by atoms with Crippen molar-refractivity contribution in [2.75, 3.05) is 19.0 Å². The molecule has 190 valence electrons. The quantitative estimate of drug-likeness (QED) is 0.322. The molecule has 2 unspecified atom stereocenters. The van der Waals surface area contributed by atoms with Crippen LogP contribution in [-0.4, -0.2) is 24.5 Å². The summed E-state index contributed by atoms with van der Waals surface area (Å²) in [5.41, 5.74) is 5.23. The van der Waals surface area contributed by atoms with Gasteiger partial charge in [-0.15, -0.1) is 0 Å². The number of nitrogens with one attached hydrogen (secondary N) is 2. The average molecular weight is 486 g/mol. The van der Waals surface area contributed by atoms with Crippen LogP contribution in [0.25, 0.3) is 17.0 Å². The zero-order chi connectivity index (χ0) is 25.9. The monoisotopic (exact) mass is 485 g/mol. The molecule has 1 fully saturated rings. The predicted molar refractivity (Wildman–Crippen MR) is 149 cm³/mol. The second-order valence-electron chi connectivity index (χ2n) is 11.3. The molecule has 5 nitrogen and oxygen atoms in total. The number of pyridine rings is 1. The molecule has 1 saturated carbocycles. The molecule has 0 saturated heterocycles. The van der Waals surface area contributed by atoms with Crippen LogP contribution < -0.4 is 15.4 Å². The van der Waals surface area contributed by atoms with Gasteiger partial charge in [-0.25, -0.2) is 4.98 Å². The van der Waals surface area contributed by atoms with Crippen LogP contribution in [0.2, 0.25) is 0 Å². The topological polar surface area (TPSA) is 63.2 Å². The van der Waals surface area contributed by atoms with Crippen molar-refractivity contribution in [3.63, 3.8) is 0 Å². The highest BCUT2D eigenvalue weighted by Gasteiger charge is 2.33. The number of hydrogen-bond donors (Lipinski definition) is 2. The number of carbonyl (C=O) groups is 1. The molecule has 5 heteroatoms. The van der Waals surface area contributed by atoms with Crippen LogP contribution in [0, 0.1) is 11.3 Å². The molecule has 1 amide bonds. The van der Waals surface area contributed by atoms with E-state index < -0.39 is 0 Å². The summed E-state index contributed by atoms with van der Waals surface area (Å²) in [6.07, 6.45) is 4.13. The normalized spacial score (nSPS) is 17.7. The number of hydrogen-bond acceptors (Lipinski definition) is 4. The van der Waals surface area contributed by atoms with Crippen LogP contribution in [-0.2, 0) is 11.3 Å². The van der Waals surface area contributed by atoms with Crippen molar-refractivity contribution in [2.45, 2.75) is 59.9 Å². The van der Waals surface area contributed by atoms with Crippen molar-refractivity contribution in [3.8, 4) is 5.75 Å². The van der Waals surface area contributed by atoms with E-state index >= 15 is 0 Å². The molecule has 36 heavy (non-hydrogen) atoms. The van der Waals surface area contributed by atoms with E-state index in [0.29, 0.717) is 24.6 Å². The van der Waals surface area contributed by atoms with Gasteiger partial charge in [0.15, 0.2) is 0 Å². The highest BCUT2D eigenvalue weighted by atomic mass is 16.5. The van der Waals surface area contributed by atoms with Crippen molar-refractivity contribution in [1.82, 2.24) is 10.3 Å². The molecule has 1 aromatic heterocycles. The van der Waals surface area contributed by atoms with Crippen LogP contribution in [0.3, 0.4) is 0 Å². The first-order valence-corrected chi connectivity index (χ1v) is 12.9. The molecular formula is C31H39N3O2. The maximum absolute atomic E-state index is 12.8. The van der Waals surface area contributed by atoms with E-state index in [2.05, 4.69) is 62.6 Å². The van der Waals surface area contributed by atoms with Crippen LogP contribution in [0.5, 0.6) is 5.75 Å². The first-order valence-electron chi connectivity index (χ1n) is 12.9. The Morgan fingerprint density at radius 3 is 2.50 bits per heavy atom. The molecule has 0 aliphatic heterocycles. The minimum Gasteiger partial charge on any atom is -0.497 e. The number of rotatable bonds is 9. The SMILES string of the molecule is COc1ccc(CNc2nc3ccc(C4CC4C)cc3cc2C=C(C)C(=O)NCCC(C)(C)C)cc1. The van der Waals surface area contributed by atoms with Crippen molar-refractivity contribution in [1.29, 1.82) is 0 Å². The largest absolute Gasteiger partial charge is 0.497 e. The second-order valence-corrected chi connectivity index (χ2v) is 11.3. The number of ether oxygens (including phenoxy) is 1. The van der Waals surface area contributed by atoms with E-state index in [9.17, 15) is 4.79 Å². The number of aromatic nitrogens is 1. The molecule has 0 radical (unpaired) electrons. The summed E-state index contributed by atoms with van der Waals surface area (Å²) in [7, 11) is 1.67. The number of anilines is 1. The molecule has 1 heterocycles. The Kier molecular flexibility index (Phi) is 7.67. The molecule has 0 spiro atoms. The highest BCUT2D eigenvalue weighted by molar-refractivity contribution is 5.98. The van der Waals surface area contributed by atoms with Crippen molar-refractivity contribution < 1.29 is 9.53 Å². The van der Waals surface area contributed by atoms with Gasteiger partial charge in [0, 0.05) is 29.6 Å². The number of methoxy groups -OCH3 is 1. The zero-order valence-electron chi connectivity index (χ0n) is 22.4. The third-order valence-corrected chi connectivity index (χ3v) is 6.92. The summed E-state index contributed by atoms with van der Waals surface area (Å²) >= 11 is 0. The summed E-state index contributed by atoms with van der Waals surface area (Å²) in [4.78, 5) is 17.8. The lowest BCUT2D eigenvalue weighted by Crippen LogP contribution is -2.27. The fraction of sp³-hybridized carbons (Fsp3) is 0.419. The van der Waals surface area contributed by atoms with Gasteiger partial charge in [-0.1, -0.05) is 45.9 Å². The number of benzene rings is 2. The summed E-state index contributed by atoms with van der Waals surface area (Å²) in [6.45, 7) is 12.0. The van der Waals surface area contributed by atoms with E-state index in [1.54, 1.807) is 7.11 Å². The van der Waals surface area contributed by atoms with E-state index in [1.165, 1.54) is 12.0 Å². The highest BCUT2D eigenvalue weighted by Crippen LogP contribution is 2.47. The van der Waals surface area contributed by atoms with Crippen molar-refractivity contribution in [2.24, 2.45) is 11.3 Å². The maximum Gasteiger partial charge on any atom is 0.246 e. The smallest absolute Gasteiger partial charge is 0.246 e. The number of amides is 1. The van der Waals surface area contributed by atoms with Gasteiger partial charge < -0.3 is 15.4 Å². The van der Waals surface area contributed by atoms with E-state index in [-0.39, 0.29) is 11.3 Å². The molecule has 2 atom stereocenters. The molecule has 1 aliphatic rings. The molecule has 2 aromatic carbocycles. The lowest BCUT2D eigenvalue weighted by Gasteiger charge is -2.18. The molecule has 3 aromatic rings. The third-order valence-electron chi connectivity index (χ3n) is 6.92. The van der Waals surface area contributed by atoms with Crippen LogP contribution in [0.4, 0.5) is 5.82 Å². The van der Waals surface area contributed by atoms with Gasteiger partial charge in [0.2, 0.25) is 5.91 Å². The van der Waals surface area contributed by atoms with Gasteiger partial charge in [0.05, 0.1) is 12.6 Å². The van der Waals surface area contributed by atoms with E-state index in [4.69, 9.17) is 9.72 Å². The number of fused-ring (bicyclic) bond motifs is 1. The van der Waals surface area contributed by atoms with Gasteiger partial charge in [0.1, 0.15) is 11.6 Å². The lowest BCUT2D eigenvalue weighted by atomic mass is 9.92. The Labute approximate surface area is 215 Å². The van der Waals surface area contributed by atoms with Crippen LogP contribution in [0.1, 0.15) is 70.1 Å². The van der Waals surface area contributed by atoms with Crippen LogP contribution >= 0.6 is 0 Å². The minimum atomic E-state index is -0.0407. The van der Waals surface area contributed by atoms with Gasteiger partial charge >= 0.3 is 0 Å². The Morgan fingerprint density at radius 1 is 1.14 bits per heavy atom. The number of nitrogens with zero attached hydrogens (tertiary/aromatic N) is 1. The summed E-state index contributed by atoms with van der Waals surface area (Å²) in [5.74, 6) is 2.96. The standard InChI is InChI=1S/C31H39N3O2/c1-20-16-27(20)23-9-12-28-24(17-23)18-25(15-21(2)30(35)32-14-13-31(3,4)5)29(34-28)33-19-22-7-10-26(36-6)11-8-22/h7-12,15,17-18,20,27H,13-14,16,19H2,1-6H3,(H,32,35)(H,33,34). The Balaban J connectivity index is 1.60. The Hall–Kier alpha value is -3.34. The zero-order valence-corrected chi connectivity index (χ0v) is 22.4. The van der Waals surface area contributed by atoms with Gasteiger partial charge in [-0.3, -0.25) is 4.79 Å². The Morgan fingerprint density at radius 2 is 1.86 bits per heavy atom. The third kappa shape index (κ3) is 6.66. The summed E-state index contributed by atoms with van der Waals surface area (Å²) < 4.78 is 5.27. The predicted octanol–water partition coefficient (Wildman–Crippen LogP) is 6.93. The molecule has 2 N–H and O–H groups in total. The summed E-state index contributed by atoms with van der Waals surface area (Å²) in [5, 5.41) is 7.66. The van der Waals surface area contributed by atoms with Crippen molar-refractivity contribution in [3.05, 3.63) is 70.8 Å². The van der Waals surface area contributed by atoms with E-state index in [1.807, 2.05) is 37.3 Å². The lowest BCUT2D eigenvalue weighted by molar-refractivity contribution is -0.117.